The summed E-state index contributed by atoms with van der Waals surface area (Å²) in [6, 6.07) is 5.03. The number of nitrogens with one attached hydrogen (secondary N) is 1. The predicted octanol–water partition coefficient (Wildman–Crippen LogP) is 2.39. The normalized spacial score (nSPS) is 15.6. The molecule has 0 saturated heterocycles. The number of amides is 1. The second kappa shape index (κ2) is 6.57. The van der Waals surface area contributed by atoms with Crippen LogP contribution in [-0.2, 0) is 4.74 Å². The van der Waals surface area contributed by atoms with Gasteiger partial charge in [0.15, 0.2) is 0 Å². The number of carbonyl (C=O) groups is 1. The molecule has 0 bridgehead atoms. The van der Waals surface area contributed by atoms with E-state index in [-0.39, 0.29) is 11.7 Å². The van der Waals surface area contributed by atoms with Crippen LogP contribution in [0.15, 0.2) is 18.2 Å². The molecule has 0 radical (unpaired) electrons. The third-order valence-corrected chi connectivity index (χ3v) is 3.44. The lowest BCUT2D eigenvalue weighted by molar-refractivity contribution is 0.0581. The zero-order valence-corrected chi connectivity index (χ0v) is 11.3. The highest BCUT2D eigenvalue weighted by Gasteiger charge is 2.15. The molecule has 1 amide bonds. The lowest BCUT2D eigenvalue weighted by atomic mass is 10.1. The van der Waals surface area contributed by atoms with Gasteiger partial charge in [0, 0.05) is 6.54 Å². The monoisotopic (exact) mass is 263 g/mol. The standard InChI is InChI=1S/C15H21NO3/c1-11-6-7-13(14(17)10-11)15(18)16-8-9-19-12-4-2-3-5-12/h6-7,10,12,17H,2-5,8-9H2,1H3,(H,16,18). The Labute approximate surface area is 113 Å². The van der Waals surface area contributed by atoms with Crippen molar-refractivity contribution in [3.8, 4) is 5.75 Å². The van der Waals surface area contributed by atoms with Crippen molar-refractivity contribution >= 4 is 5.91 Å². The molecule has 0 unspecified atom stereocenters. The molecule has 0 spiro atoms. The summed E-state index contributed by atoms with van der Waals surface area (Å²) >= 11 is 0. The van der Waals surface area contributed by atoms with Gasteiger partial charge in [-0.25, -0.2) is 0 Å². The van der Waals surface area contributed by atoms with Gasteiger partial charge in [-0.15, -0.1) is 0 Å². The first kappa shape index (κ1) is 13.9. The first-order valence-corrected chi connectivity index (χ1v) is 6.86. The summed E-state index contributed by atoms with van der Waals surface area (Å²) in [5.74, 6) is -0.235. The largest absolute Gasteiger partial charge is 0.507 e. The lowest BCUT2D eigenvalue weighted by Crippen LogP contribution is -2.28. The summed E-state index contributed by atoms with van der Waals surface area (Å²) in [7, 11) is 0. The fourth-order valence-electron chi connectivity index (χ4n) is 2.37. The van der Waals surface area contributed by atoms with E-state index in [1.54, 1.807) is 12.1 Å². The number of rotatable bonds is 5. The molecule has 1 saturated carbocycles. The second-order valence-corrected chi connectivity index (χ2v) is 5.05. The van der Waals surface area contributed by atoms with Gasteiger partial charge in [0.25, 0.3) is 5.91 Å². The fourth-order valence-corrected chi connectivity index (χ4v) is 2.37. The topological polar surface area (TPSA) is 58.6 Å². The van der Waals surface area contributed by atoms with Crippen LogP contribution in [0.3, 0.4) is 0 Å². The molecule has 104 valence electrons. The first-order valence-electron chi connectivity index (χ1n) is 6.86. The van der Waals surface area contributed by atoms with Crippen LogP contribution in [0.1, 0.15) is 41.6 Å². The molecule has 1 aliphatic rings. The summed E-state index contributed by atoms with van der Waals surface area (Å²) in [4.78, 5) is 11.8. The third kappa shape index (κ3) is 3.96. The van der Waals surface area contributed by atoms with Crippen LogP contribution in [0.2, 0.25) is 0 Å². The number of carbonyl (C=O) groups excluding carboxylic acids is 1. The van der Waals surface area contributed by atoms with Crippen molar-refractivity contribution in [2.45, 2.75) is 38.7 Å². The van der Waals surface area contributed by atoms with Crippen LogP contribution < -0.4 is 5.32 Å². The van der Waals surface area contributed by atoms with Gasteiger partial charge in [-0.2, -0.15) is 0 Å². The summed E-state index contributed by atoms with van der Waals surface area (Å²) in [6.45, 7) is 2.88. The average molecular weight is 263 g/mol. The van der Waals surface area contributed by atoms with Crippen LogP contribution in [0.5, 0.6) is 5.75 Å². The van der Waals surface area contributed by atoms with Crippen LogP contribution >= 0.6 is 0 Å². The third-order valence-electron chi connectivity index (χ3n) is 3.44. The zero-order chi connectivity index (χ0) is 13.7. The molecule has 2 rings (SSSR count). The Kier molecular flexibility index (Phi) is 4.80. The number of benzene rings is 1. The van der Waals surface area contributed by atoms with Crippen LogP contribution in [0.25, 0.3) is 0 Å². The van der Waals surface area contributed by atoms with E-state index in [0.29, 0.717) is 24.8 Å². The van der Waals surface area contributed by atoms with E-state index in [1.165, 1.54) is 12.8 Å². The molecule has 0 heterocycles. The second-order valence-electron chi connectivity index (χ2n) is 5.05. The fraction of sp³-hybridized carbons (Fsp3) is 0.533. The van der Waals surface area contributed by atoms with Crippen molar-refractivity contribution in [2.24, 2.45) is 0 Å². The quantitative estimate of drug-likeness (QED) is 0.802. The Morgan fingerprint density at radius 3 is 2.84 bits per heavy atom. The van der Waals surface area contributed by atoms with Gasteiger partial charge in [-0.1, -0.05) is 18.9 Å². The number of phenols is 1. The van der Waals surface area contributed by atoms with E-state index in [0.717, 1.165) is 18.4 Å². The highest BCUT2D eigenvalue weighted by molar-refractivity contribution is 5.96. The van der Waals surface area contributed by atoms with E-state index in [4.69, 9.17) is 4.74 Å². The molecular formula is C15H21NO3. The number of hydrogen-bond donors (Lipinski definition) is 2. The van der Waals surface area contributed by atoms with E-state index >= 15 is 0 Å². The molecule has 1 aromatic rings. The average Bonchev–Trinajstić information content (AvgIpc) is 2.87. The molecule has 1 aromatic carbocycles. The summed E-state index contributed by atoms with van der Waals surface area (Å²) in [6.07, 6.45) is 5.12. The Bertz CT molecular complexity index is 439. The molecule has 2 N–H and O–H groups in total. The highest BCUT2D eigenvalue weighted by Crippen LogP contribution is 2.20. The van der Waals surface area contributed by atoms with Crippen molar-refractivity contribution in [3.05, 3.63) is 29.3 Å². The smallest absolute Gasteiger partial charge is 0.255 e. The molecule has 19 heavy (non-hydrogen) atoms. The summed E-state index contributed by atoms with van der Waals surface area (Å²) in [5, 5.41) is 12.5. The van der Waals surface area contributed by atoms with Gasteiger partial charge < -0.3 is 15.2 Å². The van der Waals surface area contributed by atoms with Crippen molar-refractivity contribution in [3.63, 3.8) is 0 Å². The van der Waals surface area contributed by atoms with Crippen molar-refractivity contribution in [1.29, 1.82) is 0 Å². The van der Waals surface area contributed by atoms with E-state index in [2.05, 4.69) is 5.32 Å². The minimum Gasteiger partial charge on any atom is -0.507 e. The van der Waals surface area contributed by atoms with Crippen LogP contribution in [-0.4, -0.2) is 30.3 Å². The summed E-state index contributed by atoms with van der Waals surface area (Å²) < 4.78 is 5.66. The maximum Gasteiger partial charge on any atom is 0.255 e. The van der Waals surface area contributed by atoms with Gasteiger partial charge in [-0.3, -0.25) is 4.79 Å². The maximum atomic E-state index is 11.8. The van der Waals surface area contributed by atoms with Gasteiger partial charge in [0.2, 0.25) is 0 Å². The number of hydrogen-bond acceptors (Lipinski definition) is 3. The summed E-state index contributed by atoms with van der Waals surface area (Å²) in [5.41, 5.74) is 1.24. The molecule has 4 heteroatoms. The zero-order valence-electron chi connectivity index (χ0n) is 11.3. The van der Waals surface area contributed by atoms with Crippen molar-refractivity contribution in [2.75, 3.05) is 13.2 Å². The Hall–Kier alpha value is -1.55. The van der Waals surface area contributed by atoms with Gasteiger partial charge >= 0.3 is 0 Å². The molecule has 0 atom stereocenters. The van der Waals surface area contributed by atoms with Crippen LogP contribution in [0, 0.1) is 6.92 Å². The Balaban J connectivity index is 1.74. The van der Waals surface area contributed by atoms with Crippen molar-refractivity contribution in [1.82, 2.24) is 5.32 Å². The molecule has 1 fully saturated rings. The number of phenolic OH excluding ortho intramolecular Hbond substituents is 1. The minimum absolute atomic E-state index is 0.0224. The molecular weight excluding hydrogens is 242 g/mol. The van der Waals surface area contributed by atoms with E-state index in [9.17, 15) is 9.90 Å². The highest BCUT2D eigenvalue weighted by atomic mass is 16.5. The van der Waals surface area contributed by atoms with E-state index in [1.807, 2.05) is 13.0 Å². The maximum absolute atomic E-state index is 11.8. The van der Waals surface area contributed by atoms with Gasteiger partial charge in [0.05, 0.1) is 18.3 Å². The molecule has 0 aromatic heterocycles. The number of ether oxygens (including phenoxy) is 1. The predicted molar refractivity (Wildman–Crippen MR) is 73.4 cm³/mol. The first-order chi connectivity index (χ1) is 9.16. The molecule has 4 nitrogen and oxygen atoms in total. The van der Waals surface area contributed by atoms with E-state index < -0.39 is 0 Å². The number of aromatic hydroxyl groups is 1. The molecule has 1 aliphatic carbocycles. The van der Waals surface area contributed by atoms with Gasteiger partial charge in [-0.05, 0) is 37.5 Å². The minimum atomic E-state index is -0.257. The number of aryl methyl sites for hydroxylation is 1. The lowest BCUT2D eigenvalue weighted by Gasteiger charge is -2.12. The van der Waals surface area contributed by atoms with Gasteiger partial charge in [0.1, 0.15) is 5.75 Å². The van der Waals surface area contributed by atoms with Crippen LogP contribution in [0.4, 0.5) is 0 Å². The Morgan fingerprint density at radius 1 is 1.42 bits per heavy atom. The Morgan fingerprint density at radius 2 is 2.16 bits per heavy atom. The van der Waals surface area contributed by atoms with Crippen molar-refractivity contribution < 1.29 is 14.6 Å². The SMILES string of the molecule is Cc1ccc(C(=O)NCCOC2CCCC2)c(O)c1. The molecule has 0 aliphatic heterocycles.